The molecule has 0 heterocycles. The SMILES string of the molecule is c1ccc2c(c1)Cc1c-2ccc2c1-c1cc3ccccc3cc1C2. The summed E-state index contributed by atoms with van der Waals surface area (Å²) >= 11 is 0. The van der Waals surface area contributed by atoms with Gasteiger partial charge in [0.05, 0.1) is 0 Å². The third-order valence-electron chi connectivity index (χ3n) is 5.70. The quantitative estimate of drug-likeness (QED) is 0.324. The molecule has 0 aromatic heterocycles. The van der Waals surface area contributed by atoms with Crippen LogP contribution in [0.15, 0.2) is 72.8 Å². The van der Waals surface area contributed by atoms with Gasteiger partial charge in [-0.2, -0.15) is 0 Å². The molecule has 0 unspecified atom stereocenters. The second-order valence-corrected chi connectivity index (χ2v) is 6.99. The van der Waals surface area contributed by atoms with Crippen molar-refractivity contribution in [3.63, 3.8) is 0 Å². The van der Waals surface area contributed by atoms with Gasteiger partial charge >= 0.3 is 0 Å². The van der Waals surface area contributed by atoms with Gasteiger partial charge in [0.2, 0.25) is 0 Å². The number of benzene rings is 4. The summed E-state index contributed by atoms with van der Waals surface area (Å²) in [5.41, 5.74) is 11.8. The van der Waals surface area contributed by atoms with E-state index in [9.17, 15) is 0 Å². The maximum Gasteiger partial charge on any atom is -0.000718 e. The summed E-state index contributed by atoms with van der Waals surface area (Å²) in [5.74, 6) is 0. The average molecular weight is 304 g/mol. The van der Waals surface area contributed by atoms with E-state index in [1.165, 1.54) is 55.3 Å². The maximum atomic E-state index is 2.40. The zero-order valence-corrected chi connectivity index (χ0v) is 13.3. The van der Waals surface area contributed by atoms with Crippen molar-refractivity contribution < 1.29 is 0 Å². The summed E-state index contributed by atoms with van der Waals surface area (Å²) in [7, 11) is 0. The molecule has 4 aromatic carbocycles. The Morgan fingerprint density at radius 2 is 1.29 bits per heavy atom. The van der Waals surface area contributed by atoms with Crippen molar-refractivity contribution in [2.75, 3.05) is 0 Å². The van der Waals surface area contributed by atoms with Gasteiger partial charge in [0, 0.05) is 0 Å². The predicted octanol–water partition coefficient (Wildman–Crippen LogP) is 5.98. The van der Waals surface area contributed by atoms with Crippen molar-refractivity contribution in [3.05, 3.63) is 95.1 Å². The van der Waals surface area contributed by atoms with Gasteiger partial charge < -0.3 is 0 Å². The lowest BCUT2D eigenvalue weighted by Crippen LogP contribution is -1.88. The molecule has 6 rings (SSSR count). The molecule has 4 aromatic rings. The lowest BCUT2D eigenvalue weighted by atomic mass is 9.94. The molecule has 2 aliphatic rings. The van der Waals surface area contributed by atoms with Crippen LogP contribution in [0.3, 0.4) is 0 Å². The van der Waals surface area contributed by atoms with E-state index < -0.39 is 0 Å². The van der Waals surface area contributed by atoms with E-state index in [1.54, 1.807) is 0 Å². The van der Waals surface area contributed by atoms with Gasteiger partial charge in [0.1, 0.15) is 0 Å². The molecule has 112 valence electrons. The summed E-state index contributed by atoms with van der Waals surface area (Å²) in [5, 5.41) is 2.70. The highest BCUT2D eigenvalue weighted by Crippen LogP contribution is 2.48. The monoisotopic (exact) mass is 304 g/mol. The summed E-state index contributed by atoms with van der Waals surface area (Å²) in [6.45, 7) is 0. The minimum atomic E-state index is 1.07. The molecule has 0 fully saturated rings. The molecule has 24 heavy (non-hydrogen) atoms. The van der Waals surface area contributed by atoms with Crippen molar-refractivity contribution in [1.82, 2.24) is 0 Å². The number of hydrogen-bond acceptors (Lipinski definition) is 0. The standard InChI is InChI=1S/C24H16/c1-2-6-16-13-22-19(11-15(16)5-1)12-18-9-10-21-20-8-4-3-7-17(20)14-23(21)24(18)22/h1-11,13H,12,14H2. The molecule has 0 spiro atoms. The van der Waals surface area contributed by atoms with Crippen LogP contribution in [0.1, 0.15) is 22.3 Å². The zero-order valence-electron chi connectivity index (χ0n) is 13.3. The van der Waals surface area contributed by atoms with E-state index in [4.69, 9.17) is 0 Å². The highest BCUT2D eigenvalue weighted by molar-refractivity contribution is 5.95. The Hall–Kier alpha value is -2.86. The van der Waals surface area contributed by atoms with E-state index >= 15 is 0 Å². The van der Waals surface area contributed by atoms with E-state index in [2.05, 4.69) is 72.8 Å². The Morgan fingerprint density at radius 3 is 2.21 bits per heavy atom. The molecule has 2 aliphatic carbocycles. The average Bonchev–Trinajstić information content (AvgIpc) is 3.17. The lowest BCUT2D eigenvalue weighted by Gasteiger charge is -2.10. The van der Waals surface area contributed by atoms with E-state index in [1.807, 2.05) is 0 Å². The van der Waals surface area contributed by atoms with Crippen LogP contribution in [0.4, 0.5) is 0 Å². The van der Waals surface area contributed by atoms with Gasteiger partial charge in [0.25, 0.3) is 0 Å². The fourth-order valence-corrected chi connectivity index (χ4v) is 4.61. The highest BCUT2D eigenvalue weighted by atomic mass is 14.3. The molecule has 0 aliphatic heterocycles. The van der Waals surface area contributed by atoms with E-state index in [0.717, 1.165) is 12.8 Å². The van der Waals surface area contributed by atoms with Crippen LogP contribution >= 0.6 is 0 Å². The zero-order chi connectivity index (χ0) is 15.7. The van der Waals surface area contributed by atoms with Crippen LogP contribution in [0.2, 0.25) is 0 Å². The lowest BCUT2D eigenvalue weighted by molar-refractivity contribution is 1.24. The third-order valence-corrected chi connectivity index (χ3v) is 5.70. The van der Waals surface area contributed by atoms with Crippen molar-refractivity contribution in [3.8, 4) is 22.3 Å². The smallest absolute Gasteiger partial charge is 0.000718 e. The fraction of sp³-hybridized carbons (Fsp3) is 0.0833. The molecule has 0 saturated heterocycles. The molecule has 0 nitrogen and oxygen atoms in total. The van der Waals surface area contributed by atoms with Gasteiger partial charge in [-0.1, -0.05) is 66.7 Å². The van der Waals surface area contributed by atoms with Crippen LogP contribution < -0.4 is 0 Å². The van der Waals surface area contributed by atoms with Gasteiger partial charge in [0.15, 0.2) is 0 Å². The summed E-state index contributed by atoms with van der Waals surface area (Å²) in [6, 6.07) is 27.0. The van der Waals surface area contributed by atoms with Gasteiger partial charge in [-0.3, -0.25) is 0 Å². The van der Waals surface area contributed by atoms with E-state index in [0.29, 0.717) is 0 Å². The van der Waals surface area contributed by atoms with Crippen molar-refractivity contribution in [1.29, 1.82) is 0 Å². The summed E-state index contributed by atoms with van der Waals surface area (Å²) in [6.07, 6.45) is 2.14. The number of rotatable bonds is 0. The molecule has 0 N–H and O–H groups in total. The first-order chi connectivity index (χ1) is 11.9. The molecular weight excluding hydrogens is 288 g/mol. The third kappa shape index (κ3) is 1.53. The molecule has 0 radical (unpaired) electrons. The molecule has 0 amide bonds. The van der Waals surface area contributed by atoms with Crippen molar-refractivity contribution in [2.45, 2.75) is 12.8 Å². The Bertz CT molecular complexity index is 1150. The largest absolute Gasteiger partial charge is 0.0619 e. The topological polar surface area (TPSA) is 0 Å². The molecule has 0 saturated carbocycles. The summed E-state index contributed by atoms with van der Waals surface area (Å²) in [4.78, 5) is 0. The predicted molar refractivity (Wildman–Crippen MR) is 100 cm³/mol. The first kappa shape index (κ1) is 12.5. The second-order valence-electron chi connectivity index (χ2n) is 6.99. The fourth-order valence-electron chi connectivity index (χ4n) is 4.61. The molecule has 0 atom stereocenters. The number of fused-ring (bicyclic) bond motifs is 8. The molecule has 0 bridgehead atoms. The minimum absolute atomic E-state index is 1.07. The van der Waals surface area contributed by atoms with Crippen LogP contribution in [0, 0.1) is 0 Å². The minimum Gasteiger partial charge on any atom is -0.0619 e. The number of hydrogen-bond donors (Lipinski definition) is 0. The second kappa shape index (κ2) is 4.36. The first-order valence-corrected chi connectivity index (χ1v) is 8.63. The molecule has 0 heteroatoms. The van der Waals surface area contributed by atoms with Crippen LogP contribution in [0.25, 0.3) is 33.0 Å². The first-order valence-electron chi connectivity index (χ1n) is 8.63. The van der Waals surface area contributed by atoms with Crippen molar-refractivity contribution in [2.24, 2.45) is 0 Å². The molecular formula is C24H16. The van der Waals surface area contributed by atoms with E-state index in [-0.39, 0.29) is 0 Å². The van der Waals surface area contributed by atoms with Crippen molar-refractivity contribution >= 4 is 10.8 Å². The van der Waals surface area contributed by atoms with Crippen LogP contribution in [-0.4, -0.2) is 0 Å². The van der Waals surface area contributed by atoms with Gasteiger partial charge in [-0.15, -0.1) is 0 Å². The Labute approximate surface area is 141 Å². The Kier molecular flexibility index (Phi) is 2.28. The van der Waals surface area contributed by atoms with Crippen LogP contribution in [-0.2, 0) is 12.8 Å². The van der Waals surface area contributed by atoms with Gasteiger partial charge in [-0.05, 0) is 74.2 Å². The maximum absolute atomic E-state index is 2.40. The Balaban J connectivity index is 1.66. The summed E-state index contributed by atoms with van der Waals surface area (Å²) < 4.78 is 0. The normalized spacial score (nSPS) is 13.5. The Morgan fingerprint density at radius 1 is 0.500 bits per heavy atom. The van der Waals surface area contributed by atoms with Crippen LogP contribution in [0.5, 0.6) is 0 Å². The highest BCUT2D eigenvalue weighted by Gasteiger charge is 2.28. The van der Waals surface area contributed by atoms with Gasteiger partial charge in [-0.25, -0.2) is 0 Å².